The first-order valence-corrected chi connectivity index (χ1v) is 11.8. The Hall–Kier alpha value is -3.65. The van der Waals surface area contributed by atoms with E-state index in [-0.39, 0.29) is 18.0 Å². The van der Waals surface area contributed by atoms with Crippen molar-refractivity contribution in [1.29, 1.82) is 0 Å². The number of aromatic nitrogens is 2. The highest BCUT2D eigenvalue weighted by Gasteiger charge is 2.26. The molecule has 4 N–H and O–H groups in total. The summed E-state index contributed by atoms with van der Waals surface area (Å²) in [4.78, 5) is 25.1. The van der Waals surface area contributed by atoms with Crippen molar-refractivity contribution in [3.8, 4) is 5.69 Å². The van der Waals surface area contributed by atoms with Crippen molar-refractivity contribution in [3.05, 3.63) is 70.9 Å². The average molecular weight is 461 g/mol. The average Bonchev–Trinajstić information content (AvgIpc) is 3.23. The van der Waals surface area contributed by atoms with E-state index in [1.807, 2.05) is 49.4 Å². The predicted octanol–water partition coefficient (Wildman–Crippen LogP) is 4.10. The third-order valence-corrected chi connectivity index (χ3v) is 6.00. The van der Waals surface area contributed by atoms with E-state index < -0.39 is 0 Å². The number of urea groups is 1. The molecule has 0 saturated carbocycles. The fourth-order valence-corrected chi connectivity index (χ4v) is 4.26. The molecule has 2 heterocycles. The molecule has 178 valence electrons. The molecule has 0 saturated heterocycles. The third kappa shape index (κ3) is 5.28. The van der Waals surface area contributed by atoms with E-state index in [2.05, 4.69) is 34.3 Å². The molecule has 3 aromatic rings. The highest BCUT2D eigenvalue weighted by molar-refractivity contribution is 5.99. The molecule has 1 aliphatic heterocycles. The minimum absolute atomic E-state index is 0.0511. The lowest BCUT2D eigenvalue weighted by molar-refractivity contribution is -0.122. The zero-order valence-corrected chi connectivity index (χ0v) is 19.9. The van der Waals surface area contributed by atoms with Gasteiger partial charge in [0.05, 0.1) is 11.4 Å². The van der Waals surface area contributed by atoms with Gasteiger partial charge in [-0.05, 0) is 67.1 Å². The topological polar surface area (TPSA) is 100 Å². The number of nitrogens with one attached hydrogen (secondary N) is 4. The van der Waals surface area contributed by atoms with Crippen LogP contribution < -0.4 is 21.3 Å². The molecule has 0 spiro atoms. The minimum atomic E-state index is -0.363. The van der Waals surface area contributed by atoms with Crippen LogP contribution in [0.15, 0.2) is 48.5 Å². The number of nitrogens with zero attached hydrogens (tertiary/aromatic N) is 2. The number of unbranched alkanes of at least 4 members (excludes halogenated alkanes) is 1. The maximum absolute atomic E-state index is 12.8. The Morgan fingerprint density at radius 2 is 2.00 bits per heavy atom. The second-order valence-corrected chi connectivity index (χ2v) is 8.62. The van der Waals surface area contributed by atoms with E-state index in [0.717, 1.165) is 66.0 Å². The molecule has 0 radical (unpaired) electrons. The Morgan fingerprint density at radius 3 is 2.76 bits per heavy atom. The van der Waals surface area contributed by atoms with Crippen molar-refractivity contribution in [3.63, 3.8) is 0 Å². The summed E-state index contributed by atoms with van der Waals surface area (Å²) in [6, 6.07) is 14.9. The first-order valence-electron chi connectivity index (χ1n) is 11.8. The van der Waals surface area contributed by atoms with Crippen LogP contribution in [0.4, 0.5) is 16.3 Å². The number of hydrogen-bond acceptors (Lipinski definition) is 4. The van der Waals surface area contributed by atoms with Crippen LogP contribution in [0.25, 0.3) is 5.69 Å². The molecule has 1 aromatic heterocycles. The molecule has 8 nitrogen and oxygen atoms in total. The van der Waals surface area contributed by atoms with Crippen molar-refractivity contribution >= 4 is 23.4 Å². The van der Waals surface area contributed by atoms with Crippen LogP contribution in [0.1, 0.15) is 48.2 Å². The van der Waals surface area contributed by atoms with Crippen LogP contribution in [0, 0.1) is 6.92 Å². The Morgan fingerprint density at radius 1 is 1.15 bits per heavy atom. The summed E-state index contributed by atoms with van der Waals surface area (Å²) in [5.41, 5.74) is 5.66. The maximum atomic E-state index is 12.8. The van der Waals surface area contributed by atoms with Gasteiger partial charge in [-0.25, -0.2) is 9.48 Å². The second-order valence-electron chi connectivity index (χ2n) is 8.62. The SMILES string of the molecule is CCCCc1cc(NC(=O)Nc2cccc(C)c2)n(-c2ccc3c(c2)CCNC3C(=O)NC)n1. The van der Waals surface area contributed by atoms with Gasteiger partial charge in [0.1, 0.15) is 11.9 Å². The van der Waals surface area contributed by atoms with Crippen molar-refractivity contribution in [2.24, 2.45) is 0 Å². The van der Waals surface area contributed by atoms with Gasteiger partial charge in [-0.1, -0.05) is 31.5 Å². The lowest BCUT2D eigenvalue weighted by Gasteiger charge is -2.26. The molecular weight excluding hydrogens is 428 g/mol. The number of carbonyl (C=O) groups excluding carboxylic acids is 2. The van der Waals surface area contributed by atoms with Crippen molar-refractivity contribution in [1.82, 2.24) is 20.4 Å². The van der Waals surface area contributed by atoms with Gasteiger partial charge in [-0.15, -0.1) is 0 Å². The number of hydrogen-bond donors (Lipinski definition) is 4. The van der Waals surface area contributed by atoms with Crippen LogP contribution >= 0.6 is 0 Å². The number of anilines is 2. The zero-order chi connectivity index (χ0) is 24.1. The molecule has 8 heteroatoms. The molecule has 3 amide bonds. The van der Waals surface area contributed by atoms with Gasteiger partial charge in [0, 0.05) is 25.3 Å². The van der Waals surface area contributed by atoms with E-state index in [4.69, 9.17) is 5.10 Å². The van der Waals surface area contributed by atoms with E-state index in [1.54, 1.807) is 11.7 Å². The largest absolute Gasteiger partial charge is 0.358 e. The molecule has 0 bridgehead atoms. The molecule has 2 aromatic carbocycles. The Bertz CT molecular complexity index is 1190. The van der Waals surface area contributed by atoms with Crippen LogP contribution in [0.2, 0.25) is 0 Å². The molecule has 1 atom stereocenters. The first kappa shape index (κ1) is 23.5. The van der Waals surface area contributed by atoms with Crippen LogP contribution in [0.5, 0.6) is 0 Å². The standard InChI is InChI=1S/C26H32N6O2/c1-4-5-8-20-16-23(30-26(34)29-19-9-6-7-17(2)14-19)32(31-20)21-10-11-22-18(15-21)12-13-28-24(22)25(33)27-3/h6-7,9-11,14-16,24,28H,4-5,8,12-13H2,1-3H3,(H,27,33)(H2,29,30,34). The number of fused-ring (bicyclic) bond motifs is 1. The highest BCUT2D eigenvalue weighted by atomic mass is 16.2. The van der Waals surface area contributed by atoms with Gasteiger partial charge in [0.15, 0.2) is 0 Å². The molecule has 34 heavy (non-hydrogen) atoms. The van der Waals surface area contributed by atoms with Crippen LogP contribution in [0.3, 0.4) is 0 Å². The van der Waals surface area contributed by atoms with Crippen molar-refractivity contribution < 1.29 is 9.59 Å². The molecule has 1 aliphatic rings. The summed E-state index contributed by atoms with van der Waals surface area (Å²) in [5.74, 6) is 0.554. The van der Waals surface area contributed by atoms with E-state index in [0.29, 0.717) is 5.82 Å². The van der Waals surface area contributed by atoms with E-state index >= 15 is 0 Å². The van der Waals surface area contributed by atoms with E-state index in [1.165, 1.54) is 0 Å². The second kappa shape index (κ2) is 10.5. The summed E-state index contributed by atoms with van der Waals surface area (Å²) >= 11 is 0. The summed E-state index contributed by atoms with van der Waals surface area (Å²) in [7, 11) is 1.65. The molecule has 4 rings (SSSR count). The summed E-state index contributed by atoms with van der Waals surface area (Å²) < 4.78 is 1.78. The lowest BCUT2D eigenvalue weighted by atomic mass is 9.93. The molecule has 1 unspecified atom stereocenters. The van der Waals surface area contributed by atoms with Crippen molar-refractivity contribution in [2.45, 2.75) is 45.6 Å². The number of benzene rings is 2. The van der Waals surface area contributed by atoms with Gasteiger partial charge in [-0.3, -0.25) is 10.1 Å². The molecule has 0 fully saturated rings. The Balaban J connectivity index is 1.62. The normalized spacial score (nSPS) is 14.9. The predicted molar refractivity (Wildman–Crippen MR) is 135 cm³/mol. The Labute approximate surface area is 200 Å². The van der Waals surface area contributed by atoms with Gasteiger partial charge in [0.25, 0.3) is 0 Å². The van der Waals surface area contributed by atoms with Crippen molar-refractivity contribution in [2.75, 3.05) is 24.2 Å². The monoisotopic (exact) mass is 460 g/mol. The van der Waals surface area contributed by atoms with Gasteiger partial charge in [-0.2, -0.15) is 5.10 Å². The smallest absolute Gasteiger partial charge is 0.324 e. The van der Waals surface area contributed by atoms with Gasteiger partial charge in [0.2, 0.25) is 5.91 Å². The van der Waals surface area contributed by atoms with Gasteiger partial charge >= 0.3 is 6.03 Å². The quantitative estimate of drug-likeness (QED) is 0.426. The highest BCUT2D eigenvalue weighted by Crippen LogP contribution is 2.27. The summed E-state index contributed by atoms with van der Waals surface area (Å²) in [6.45, 7) is 4.85. The van der Waals surface area contributed by atoms with Crippen LogP contribution in [-0.2, 0) is 17.6 Å². The maximum Gasteiger partial charge on any atom is 0.324 e. The number of amides is 3. The lowest BCUT2D eigenvalue weighted by Crippen LogP contribution is -2.40. The number of aryl methyl sites for hydroxylation is 2. The summed E-state index contributed by atoms with van der Waals surface area (Å²) in [6.07, 6.45) is 3.74. The zero-order valence-electron chi connectivity index (χ0n) is 19.9. The van der Waals surface area contributed by atoms with Gasteiger partial charge < -0.3 is 16.0 Å². The Kier molecular flexibility index (Phi) is 7.27. The number of rotatable bonds is 7. The molecular formula is C26H32N6O2. The molecule has 0 aliphatic carbocycles. The fourth-order valence-electron chi connectivity index (χ4n) is 4.26. The first-order chi connectivity index (χ1) is 16.5. The third-order valence-electron chi connectivity index (χ3n) is 6.00. The minimum Gasteiger partial charge on any atom is -0.358 e. The number of carbonyl (C=O) groups is 2. The van der Waals surface area contributed by atoms with Crippen LogP contribution in [-0.4, -0.2) is 35.3 Å². The number of likely N-dealkylation sites (N-methyl/N-ethyl adjacent to an activating group) is 1. The fraction of sp³-hybridized carbons (Fsp3) is 0.346. The summed E-state index contributed by atoms with van der Waals surface area (Å²) in [5, 5.41) is 16.7. The van der Waals surface area contributed by atoms with E-state index in [9.17, 15) is 9.59 Å².